The van der Waals surface area contributed by atoms with Gasteiger partial charge in [0.15, 0.2) is 0 Å². The van der Waals surface area contributed by atoms with Crippen molar-refractivity contribution in [3.05, 3.63) is 28.5 Å². The minimum atomic E-state index is 0.153. The van der Waals surface area contributed by atoms with Gasteiger partial charge in [0.1, 0.15) is 0 Å². The molecule has 1 aromatic heterocycles. The molecule has 0 aromatic carbocycles. The fraction of sp³-hybridized carbons (Fsp3) is 0.571. The molecule has 4 heteroatoms. The van der Waals surface area contributed by atoms with Crippen molar-refractivity contribution in [3.8, 4) is 0 Å². The molecule has 0 N–H and O–H groups in total. The third kappa shape index (κ3) is 2.18. The maximum atomic E-state index is 12.6. The van der Waals surface area contributed by atoms with Crippen LogP contribution >= 0.6 is 15.9 Å². The van der Waals surface area contributed by atoms with E-state index in [-0.39, 0.29) is 5.91 Å². The lowest BCUT2D eigenvalue weighted by Crippen LogP contribution is -2.46. The van der Waals surface area contributed by atoms with E-state index in [1.165, 1.54) is 25.7 Å². The maximum Gasteiger partial charge on any atom is 0.255 e. The predicted molar refractivity (Wildman–Crippen MR) is 73.3 cm³/mol. The molecule has 2 aliphatic rings. The van der Waals surface area contributed by atoms with Gasteiger partial charge in [0, 0.05) is 29.5 Å². The van der Waals surface area contributed by atoms with Crippen LogP contribution < -0.4 is 0 Å². The second-order valence-corrected chi connectivity index (χ2v) is 6.21. The Balaban J connectivity index is 1.83. The fourth-order valence-electron chi connectivity index (χ4n) is 3.40. The standard InChI is InChI=1S/C14H17BrN2O/c15-12-7-11(8-16-9-12)14(18)17-6-2-4-10-3-1-5-13(10)17/h7-10,13H,1-6H2. The second-order valence-electron chi connectivity index (χ2n) is 5.29. The summed E-state index contributed by atoms with van der Waals surface area (Å²) in [4.78, 5) is 18.7. The first kappa shape index (κ1) is 12.2. The lowest BCUT2D eigenvalue weighted by atomic mass is 9.91. The Morgan fingerprint density at radius 2 is 2.11 bits per heavy atom. The molecule has 96 valence electrons. The molecule has 1 saturated heterocycles. The Morgan fingerprint density at radius 3 is 2.94 bits per heavy atom. The first-order valence-corrected chi connectivity index (χ1v) is 7.46. The van der Waals surface area contributed by atoms with Crippen LogP contribution in [0.3, 0.4) is 0 Å². The molecule has 0 radical (unpaired) electrons. The van der Waals surface area contributed by atoms with Crippen molar-refractivity contribution in [1.82, 2.24) is 9.88 Å². The summed E-state index contributed by atoms with van der Waals surface area (Å²) in [5.41, 5.74) is 0.705. The zero-order valence-corrected chi connectivity index (χ0v) is 11.9. The van der Waals surface area contributed by atoms with Crippen molar-refractivity contribution in [3.63, 3.8) is 0 Å². The molecule has 3 rings (SSSR count). The zero-order chi connectivity index (χ0) is 12.5. The van der Waals surface area contributed by atoms with E-state index in [1.807, 2.05) is 6.07 Å². The second kappa shape index (κ2) is 5.00. The highest BCUT2D eigenvalue weighted by atomic mass is 79.9. The average Bonchev–Trinajstić information content (AvgIpc) is 2.86. The molecule has 1 aliphatic heterocycles. The van der Waals surface area contributed by atoms with Gasteiger partial charge in [0.05, 0.1) is 5.56 Å². The fourth-order valence-corrected chi connectivity index (χ4v) is 3.77. The molecule has 2 heterocycles. The summed E-state index contributed by atoms with van der Waals surface area (Å²) in [6.07, 6.45) is 9.58. The zero-order valence-electron chi connectivity index (χ0n) is 10.3. The topological polar surface area (TPSA) is 33.2 Å². The first-order chi connectivity index (χ1) is 8.75. The Kier molecular flexibility index (Phi) is 3.37. The Labute approximate surface area is 116 Å². The van der Waals surface area contributed by atoms with Gasteiger partial charge in [-0.05, 0) is 53.6 Å². The van der Waals surface area contributed by atoms with E-state index in [0.29, 0.717) is 11.6 Å². The van der Waals surface area contributed by atoms with Gasteiger partial charge in [-0.25, -0.2) is 0 Å². The molecular weight excluding hydrogens is 292 g/mol. The molecule has 1 aromatic rings. The largest absolute Gasteiger partial charge is 0.335 e. The number of hydrogen-bond acceptors (Lipinski definition) is 2. The van der Waals surface area contributed by atoms with Crippen LogP contribution in [0.25, 0.3) is 0 Å². The quantitative estimate of drug-likeness (QED) is 0.798. The highest BCUT2D eigenvalue weighted by Gasteiger charge is 2.37. The Morgan fingerprint density at radius 1 is 1.28 bits per heavy atom. The lowest BCUT2D eigenvalue weighted by molar-refractivity contribution is 0.0548. The minimum Gasteiger partial charge on any atom is -0.335 e. The summed E-state index contributed by atoms with van der Waals surface area (Å²) in [5.74, 6) is 0.892. The van der Waals surface area contributed by atoms with E-state index in [2.05, 4.69) is 25.8 Å². The highest BCUT2D eigenvalue weighted by Crippen LogP contribution is 2.37. The Hall–Kier alpha value is -0.900. The van der Waals surface area contributed by atoms with Crippen molar-refractivity contribution in [2.75, 3.05) is 6.54 Å². The monoisotopic (exact) mass is 308 g/mol. The summed E-state index contributed by atoms with van der Waals surface area (Å²) in [7, 11) is 0. The van der Waals surface area contributed by atoms with Crippen molar-refractivity contribution < 1.29 is 4.79 Å². The Bertz CT molecular complexity index is 463. The van der Waals surface area contributed by atoms with E-state index < -0.39 is 0 Å². The van der Waals surface area contributed by atoms with Gasteiger partial charge in [-0.1, -0.05) is 6.42 Å². The van der Waals surface area contributed by atoms with Crippen molar-refractivity contribution in [2.24, 2.45) is 5.92 Å². The van der Waals surface area contributed by atoms with Crippen LogP contribution in [-0.4, -0.2) is 28.4 Å². The van der Waals surface area contributed by atoms with Crippen LogP contribution in [0, 0.1) is 5.92 Å². The normalized spacial score (nSPS) is 27.1. The van der Waals surface area contributed by atoms with E-state index in [0.717, 1.165) is 23.4 Å². The van der Waals surface area contributed by atoms with E-state index in [1.54, 1.807) is 12.4 Å². The third-order valence-corrected chi connectivity index (χ3v) is 4.64. The van der Waals surface area contributed by atoms with Crippen LogP contribution in [-0.2, 0) is 0 Å². The van der Waals surface area contributed by atoms with Crippen LogP contribution in [0.4, 0.5) is 0 Å². The number of aromatic nitrogens is 1. The number of amides is 1. The number of halogens is 1. The number of likely N-dealkylation sites (tertiary alicyclic amines) is 1. The number of nitrogens with zero attached hydrogens (tertiary/aromatic N) is 2. The van der Waals surface area contributed by atoms with Gasteiger partial charge in [-0.15, -0.1) is 0 Å². The molecule has 1 aliphatic carbocycles. The van der Waals surface area contributed by atoms with E-state index in [9.17, 15) is 4.79 Å². The summed E-state index contributed by atoms with van der Waals surface area (Å²) in [6, 6.07) is 2.35. The average molecular weight is 309 g/mol. The number of rotatable bonds is 1. The summed E-state index contributed by atoms with van der Waals surface area (Å²) in [6.45, 7) is 0.909. The van der Waals surface area contributed by atoms with Gasteiger partial charge in [0.2, 0.25) is 0 Å². The third-order valence-electron chi connectivity index (χ3n) is 4.21. The van der Waals surface area contributed by atoms with Crippen LogP contribution in [0.5, 0.6) is 0 Å². The molecule has 2 fully saturated rings. The molecule has 1 amide bonds. The summed E-state index contributed by atoms with van der Waals surface area (Å²) in [5, 5.41) is 0. The number of pyridine rings is 1. The highest BCUT2D eigenvalue weighted by molar-refractivity contribution is 9.10. The lowest BCUT2D eigenvalue weighted by Gasteiger charge is -2.37. The molecule has 0 bridgehead atoms. The van der Waals surface area contributed by atoms with E-state index >= 15 is 0 Å². The summed E-state index contributed by atoms with van der Waals surface area (Å²) >= 11 is 3.38. The number of carbonyl (C=O) groups is 1. The van der Waals surface area contributed by atoms with Gasteiger partial charge in [-0.2, -0.15) is 0 Å². The predicted octanol–water partition coefficient (Wildman–Crippen LogP) is 3.25. The maximum absolute atomic E-state index is 12.6. The molecule has 2 atom stereocenters. The SMILES string of the molecule is O=C(c1cncc(Br)c1)N1CCCC2CCCC21. The summed E-state index contributed by atoms with van der Waals surface area (Å²) < 4.78 is 0.869. The molecular formula is C14H17BrN2O. The van der Waals surface area contributed by atoms with Gasteiger partial charge in [-0.3, -0.25) is 9.78 Å². The van der Waals surface area contributed by atoms with Crippen molar-refractivity contribution in [2.45, 2.75) is 38.1 Å². The van der Waals surface area contributed by atoms with Crippen LogP contribution in [0.15, 0.2) is 22.9 Å². The first-order valence-electron chi connectivity index (χ1n) is 6.67. The minimum absolute atomic E-state index is 0.153. The van der Waals surface area contributed by atoms with Crippen molar-refractivity contribution in [1.29, 1.82) is 0 Å². The van der Waals surface area contributed by atoms with Gasteiger partial charge < -0.3 is 4.90 Å². The number of hydrogen-bond donors (Lipinski definition) is 0. The number of piperidine rings is 1. The van der Waals surface area contributed by atoms with Crippen molar-refractivity contribution >= 4 is 21.8 Å². The number of fused-ring (bicyclic) bond motifs is 1. The molecule has 18 heavy (non-hydrogen) atoms. The van der Waals surface area contributed by atoms with E-state index in [4.69, 9.17) is 0 Å². The van der Waals surface area contributed by atoms with Crippen LogP contribution in [0.2, 0.25) is 0 Å². The number of carbonyl (C=O) groups excluding carboxylic acids is 1. The van der Waals surface area contributed by atoms with Gasteiger partial charge >= 0.3 is 0 Å². The van der Waals surface area contributed by atoms with Crippen LogP contribution in [0.1, 0.15) is 42.5 Å². The van der Waals surface area contributed by atoms with Gasteiger partial charge in [0.25, 0.3) is 5.91 Å². The molecule has 2 unspecified atom stereocenters. The molecule has 3 nitrogen and oxygen atoms in total. The molecule has 0 spiro atoms. The smallest absolute Gasteiger partial charge is 0.255 e. The molecule has 1 saturated carbocycles.